The van der Waals surface area contributed by atoms with Crippen molar-refractivity contribution in [3.05, 3.63) is 28.2 Å². The Labute approximate surface area is 133 Å². The molecule has 7 heteroatoms. The van der Waals surface area contributed by atoms with Crippen molar-refractivity contribution >= 4 is 31.7 Å². The molecule has 1 aliphatic rings. The second-order valence-electron chi connectivity index (χ2n) is 5.47. The van der Waals surface area contributed by atoms with Crippen LogP contribution in [0.1, 0.15) is 23.2 Å². The Kier molecular flexibility index (Phi) is 5.06. The van der Waals surface area contributed by atoms with Gasteiger partial charge in [-0.1, -0.05) is 0 Å². The van der Waals surface area contributed by atoms with Crippen molar-refractivity contribution in [2.45, 2.75) is 23.8 Å². The van der Waals surface area contributed by atoms with E-state index in [4.69, 9.17) is 0 Å². The van der Waals surface area contributed by atoms with Crippen LogP contribution in [0.25, 0.3) is 0 Å². The maximum atomic E-state index is 12.2. The van der Waals surface area contributed by atoms with Crippen molar-refractivity contribution in [1.82, 2.24) is 10.2 Å². The minimum absolute atomic E-state index is 0.162. The molecule has 1 fully saturated rings. The third-order valence-electron chi connectivity index (χ3n) is 3.65. The minimum Gasteiger partial charge on any atom is -0.349 e. The fraction of sp³-hybridized carbons (Fsp3) is 0.500. The van der Waals surface area contributed by atoms with E-state index in [0.717, 1.165) is 32.2 Å². The number of rotatable bonds is 3. The lowest BCUT2D eigenvalue weighted by atomic mass is 10.0. The second-order valence-corrected chi connectivity index (χ2v) is 8.31. The summed E-state index contributed by atoms with van der Waals surface area (Å²) >= 11 is 3.22. The summed E-state index contributed by atoms with van der Waals surface area (Å²) in [5, 5.41) is 3.01. The predicted octanol–water partition coefficient (Wildman–Crippen LogP) is 1.68. The number of halogens is 1. The zero-order valence-electron chi connectivity index (χ0n) is 12.1. The van der Waals surface area contributed by atoms with Gasteiger partial charge in [0.05, 0.1) is 4.90 Å². The smallest absolute Gasteiger partial charge is 0.251 e. The van der Waals surface area contributed by atoms with Crippen LogP contribution in [0.2, 0.25) is 0 Å². The van der Waals surface area contributed by atoms with Crippen molar-refractivity contribution in [1.29, 1.82) is 0 Å². The summed E-state index contributed by atoms with van der Waals surface area (Å²) in [5.41, 5.74) is 0.466. The molecule has 0 radical (unpaired) electrons. The lowest BCUT2D eigenvalue weighted by Gasteiger charge is -2.29. The van der Waals surface area contributed by atoms with E-state index in [1.807, 2.05) is 0 Å². The predicted molar refractivity (Wildman–Crippen MR) is 85.2 cm³/mol. The number of hydrogen-bond acceptors (Lipinski definition) is 4. The number of carbonyl (C=O) groups excluding carboxylic acids is 1. The number of nitrogens with zero attached hydrogens (tertiary/aromatic N) is 1. The Morgan fingerprint density at radius 3 is 2.48 bits per heavy atom. The molecule has 0 atom stereocenters. The molecule has 21 heavy (non-hydrogen) atoms. The molecule has 1 N–H and O–H groups in total. The summed E-state index contributed by atoms with van der Waals surface area (Å²) < 4.78 is 23.5. The number of amides is 1. The molecule has 0 unspecified atom stereocenters. The van der Waals surface area contributed by atoms with Gasteiger partial charge in [0, 0.05) is 22.3 Å². The van der Waals surface area contributed by atoms with Gasteiger partial charge in [-0.2, -0.15) is 0 Å². The van der Waals surface area contributed by atoms with Crippen LogP contribution in [0.15, 0.2) is 27.6 Å². The zero-order chi connectivity index (χ0) is 15.6. The summed E-state index contributed by atoms with van der Waals surface area (Å²) in [5.74, 6) is -0.162. The largest absolute Gasteiger partial charge is 0.349 e. The molecular weight excluding hydrogens is 356 g/mol. The van der Waals surface area contributed by atoms with E-state index >= 15 is 0 Å². The lowest BCUT2D eigenvalue weighted by Crippen LogP contribution is -2.43. The molecule has 1 aromatic rings. The van der Waals surface area contributed by atoms with Crippen LogP contribution in [0.5, 0.6) is 0 Å². The van der Waals surface area contributed by atoms with Gasteiger partial charge in [-0.3, -0.25) is 4.79 Å². The van der Waals surface area contributed by atoms with Crippen LogP contribution in [0.4, 0.5) is 0 Å². The summed E-state index contributed by atoms with van der Waals surface area (Å²) in [6, 6.07) is 4.75. The van der Waals surface area contributed by atoms with Gasteiger partial charge in [0.2, 0.25) is 0 Å². The van der Waals surface area contributed by atoms with Gasteiger partial charge in [0.1, 0.15) is 0 Å². The van der Waals surface area contributed by atoms with Crippen LogP contribution >= 0.6 is 15.9 Å². The molecule has 116 valence electrons. The summed E-state index contributed by atoms with van der Waals surface area (Å²) in [4.78, 5) is 14.6. The Bertz CT molecular complexity index is 638. The Morgan fingerprint density at radius 2 is 1.95 bits per heavy atom. The normalized spacial score (nSPS) is 17.7. The zero-order valence-corrected chi connectivity index (χ0v) is 14.5. The summed E-state index contributed by atoms with van der Waals surface area (Å²) in [6.45, 7) is 1.95. The van der Waals surface area contributed by atoms with Gasteiger partial charge in [0.25, 0.3) is 5.91 Å². The number of piperidine rings is 1. The molecule has 0 aliphatic carbocycles. The standard InChI is InChI=1S/C14H19BrN2O3S/c1-17-7-5-11(6-8-17)16-14(18)10-3-4-13(12(15)9-10)21(2,19)20/h3-4,9,11H,5-8H2,1-2H3,(H,16,18). The molecule has 0 aromatic heterocycles. The second kappa shape index (κ2) is 6.46. The molecule has 0 bridgehead atoms. The van der Waals surface area contributed by atoms with E-state index in [0.29, 0.717) is 10.0 Å². The topological polar surface area (TPSA) is 66.5 Å². The van der Waals surface area contributed by atoms with Gasteiger partial charge in [0.15, 0.2) is 9.84 Å². The molecular formula is C14H19BrN2O3S. The number of hydrogen-bond donors (Lipinski definition) is 1. The average molecular weight is 375 g/mol. The first kappa shape index (κ1) is 16.5. The number of likely N-dealkylation sites (tertiary alicyclic amines) is 1. The van der Waals surface area contributed by atoms with Crippen molar-refractivity contribution in [2.75, 3.05) is 26.4 Å². The van der Waals surface area contributed by atoms with E-state index in [-0.39, 0.29) is 16.8 Å². The number of nitrogens with one attached hydrogen (secondary N) is 1. The number of carbonyl (C=O) groups is 1. The average Bonchev–Trinajstić information content (AvgIpc) is 2.39. The minimum atomic E-state index is -3.29. The van der Waals surface area contributed by atoms with E-state index in [1.165, 1.54) is 6.07 Å². The quantitative estimate of drug-likeness (QED) is 0.873. The highest BCUT2D eigenvalue weighted by Crippen LogP contribution is 2.23. The van der Waals surface area contributed by atoms with Gasteiger partial charge in [-0.05, 0) is 67.1 Å². The third-order valence-corrected chi connectivity index (χ3v) is 5.72. The lowest BCUT2D eigenvalue weighted by molar-refractivity contribution is 0.0916. The van der Waals surface area contributed by atoms with Gasteiger partial charge < -0.3 is 10.2 Å². The molecule has 1 saturated heterocycles. The van der Waals surface area contributed by atoms with Crippen molar-refractivity contribution in [3.63, 3.8) is 0 Å². The van der Waals surface area contributed by atoms with Crippen molar-refractivity contribution in [3.8, 4) is 0 Å². The van der Waals surface area contributed by atoms with Crippen molar-refractivity contribution < 1.29 is 13.2 Å². The van der Waals surface area contributed by atoms with E-state index in [9.17, 15) is 13.2 Å². The fourth-order valence-electron chi connectivity index (χ4n) is 2.36. The molecule has 0 saturated carbocycles. The molecule has 2 rings (SSSR count). The maximum absolute atomic E-state index is 12.2. The van der Waals surface area contributed by atoms with Gasteiger partial charge >= 0.3 is 0 Å². The van der Waals surface area contributed by atoms with Gasteiger partial charge in [-0.15, -0.1) is 0 Å². The highest BCUT2D eigenvalue weighted by molar-refractivity contribution is 9.10. The van der Waals surface area contributed by atoms with Crippen LogP contribution in [0.3, 0.4) is 0 Å². The molecule has 1 aromatic carbocycles. The molecule has 1 aliphatic heterocycles. The Morgan fingerprint density at radius 1 is 1.33 bits per heavy atom. The van der Waals surface area contributed by atoms with Crippen LogP contribution in [0, 0.1) is 0 Å². The molecule has 1 heterocycles. The summed E-state index contributed by atoms with van der Waals surface area (Å²) in [7, 11) is -1.22. The first-order chi connectivity index (χ1) is 9.77. The van der Waals surface area contributed by atoms with E-state index in [2.05, 4.69) is 33.2 Å². The first-order valence-electron chi connectivity index (χ1n) is 6.76. The molecule has 1 amide bonds. The maximum Gasteiger partial charge on any atom is 0.251 e. The number of sulfone groups is 1. The Hall–Kier alpha value is -0.920. The SMILES string of the molecule is CN1CCC(NC(=O)c2ccc(S(C)(=O)=O)c(Br)c2)CC1. The Balaban J connectivity index is 2.08. The fourth-order valence-corrected chi connectivity index (χ4v) is 4.35. The number of benzene rings is 1. The summed E-state index contributed by atoms with van der Waals surface area (Å²) in [6.07, 6.45) is 3.01. The molecule has 5 nitrogen and oxygen atoms in total. The van der Waals surface area contributed by atoms with Crippen LogP contribution in [-0.2, 0) is 9.84 Å². The first-order valence-corrected chi connectivity index (χ1v) is 9.45. The highest BCUT2D eigenvalue weighted by atomic mass is 79.9. The van der Waals surface area contributed by atoms with E-state index in [1.54, 1.807) is 12.1 Å². The van der Waals surface area contributed by atoms with E-state index < -0.39 is 9.84 Å². The van der Waals surface area contributed by atoms with Crippen LogP contribution < -0.4 is 5.32 Å². The third kappa shape index (κ3) is 4.28. The van der Waals surface area contributed by atoms with Crippen molar-refractivity contribution in [2.24, 2.45) is 0 Å². The monoisotopic (exact) mass is 374 g/mol. The molecule has 0 spiro atoms. The van der Waals surface area contributed by atoms with Gasteiger partial charge in [-0.25, -0.2) is 8.42 Å². The highest BCUT2D eigenvalue weighted by Gasteiger charge is 2.20. The van der Waals surface area contributed by atoms with Crippen LogP contribution in [-0.4, -0.2) is 51.7 Å².